The fourth-order valence-corrected chi connectivity index (χ4v) is 5.16. The number of carbonyl (C=O) groups is 1. The highest BCUT2D eigenvalue weighted by molar-refractivity contribution is 7.92. The predicted molar refractivity (Wildman–Crippen MR) is 119 cm³/mol. The molecule has 2 aromatic rings. The molecule has 0 N–H and O–H groups in total. The Hall–Kier alpha value is -2.33. The van der Waals surface area contributed by atoms with E-state index in [-0.39, 0.29) is 41.6 Å². The minimum absolute atomic E-state index is 0.0934. The first-order chi connectivity index (χ1) is 15.4. The summed E-state index contributed by atoms with van der Waals surface area (Å²) in [7, 11) is -2.48. The molecule has 0 bridgehead atoms. The summed E-state index contributed by atoms with van der Waals surface area (Å²) in [5, 5.41) is 3.86. The van der Waals surface area contributed by atoms with E-state index in [0.29, 0.717) is 29.1 Å². The lowest BCUT2D eigenvalue weighted by atomic mass is 9.84. The largest absolute Gasteiger partial charge is 0.475 e. The van der Waals surface area contributed by atoms with E-state index in [2.05, 4.69) is 5.10 Å². The molecule has 1 unspecified atom stereocenters. The minimum atomic E-state index is -4.01. The van der Waals surface area contributed by atoms with Gasteiger partial charge in [0, 0.05) is 25.2 Å². The Morgan fingerprint density at radius 3 is 2.30 bits per heavy atom. The highest BCUT2D eigenvalue weighted by Crippen LogP contribution is 2.33. The van der Waals surface area contributed by atoms with Crippen LogP contribution in [-0.2, 0) is 32.3 Å². The maximum atomic E-state index is 13.4. The molecule has 1 aliphatic rings. The number of sulfone groups is 1. The molecule has 3 rings (SSSR count). The number of rotatable bonds is 9. The molecule has 0 saturated carbocycles. The summed E-state index contributed by atoms with van der Waals surface area (Å²) in [6.45, 7) is 8.09. The van der Waals surface area contributed by atoms with Gasteiger partial charge in [0.25, 0.3) is 6.43 Å². The zero-order valence-electron chi connectivity index (χ0n) is 19.5. The van der Waals surface area contributed by atoms with Crippen molar-refractivity contribution in [3.8, 4) is 5.88 Å². The lowest BCUT2D eigenvalue weighted by Gasteiger charge is -2.22. The Morgan fingerprint density at radius 2 is 1.79 bits per heavy atom. The molecule has 0 spiro atoms. The van der Waals surface area contributed by atoms with Crippen LogP contribution >= 0.6 is 0 Å². The normalized spacial score (nSPS) is 16.4. The van der Waals surface area contributed by atoms with E-state index in [0.717, 1.165) is 0 Å². The smallest absolute Gasteiger partial charge is 0.263 e. The molecule has 10 heteroatoms. The number of Topliss-reactive ketones (excluding diaryl/α,β-unsaturated/α-hetero) is 1. The highest BCUT2D eigenvalue weighted by Gasteiger charge is 2.29. The van der Waals surface area contributed by atoms with Gasteiger partial charge in [0.2, 0.25) is 15.7 Å². The van der Waals surface area contributed by atoms with Crippen LogP contribution in [0.15, 0.2) is 23.2 Å². The second-order valence-corrected chi connectivity index (χ2v) is 10.9. The van der Waals surface area contributed by atoms with Crippen molar-refractivity contribution in [3.05, 3.63) is 40.5 Å². The van der Waals surface area contributed by atoms with Crippen molar-refractivity contribution in [2.24, 2.45) is 0 Å². The van der Waals surface area contributed by atoms with Gasteiger partial charge in [-0.25, -0.2) is 21.9 Å². The van der Waals surface area contributed by atoms with Gasteiger partial charge >= 0.3 is 0 Å². The molecule has 0 radical (unpaired) electrons. The standard InChI is InChI=1S/C23H30F2N2O5S/c1-13(2)18-6-15(23(24)25)7-19(14(3)4)20(18)8-16(28)12-33(29,30)21-9-22-27(26-21)10-17(31-5)11-32-22/h6-7,9,13-14,17,23H,8,10-12H2,1-5H3. The number of benzene rings is 1. The summed E-state index contributed by atoms with van der Waals surface area (Å²) in [5.41, 5.74) is 1.81. The molecule has 1 aromatic heterocycles. The summed E-state index contributed by atoms with van der Waals surface area (Å²) >= 11 is 0. The van der Waals surface area contributed by atoms with Crippen molar-refractivity contribution in [1.29, 1.82) is 0 Å². The van der Waals surface area contributed by atoms with Gasteiger partial charge in [-0.15, -0.1) is 0 Å². The number of ether oxygens (including phenoxy) is 2. The molecule has 0 fully saturated rings. The summed E-state index contributed by atoms with van der Waals surface area (Å²) in [4.78, 5) is 12.9. The summed E-state index contributed by atoms with van der Waals surface area (Å²) in [6, 6.07) is 4.15. The number of aromatic nitrogens is 2. The molecule has 1 aliphatic heterocycles. The number of alkyl halides is 2. The van der Waals surface area contributed by atoms with Crippen LogP contribution in [0.5, 0.6) is 5.88 Å². The first-order valence-corrected chi connectivity index (χ1v) is 12.5. The first-order valence-electron chi connectivity index (χ1n) is 10.9. The maximum Gasteiger partial charge on any atom is 0.263 e. The van der Waals surface area contributed by atoms with E-state index >= 15 is 0 Å². The third-order valence-corrected chi connectivity index (χ3v) is 7.27. The van der Waals surface area contributed by atoms with Crippen LogP contribution in [0, 0.1) is 0 Å². The third-order valence-electron chi connectivity index (χ3n) is 5.73. The monoisotopic (exact) mass is 484 g/mol. The fraction of sp³-hybridized carbons (Fsp3) is 0.565. The van der Waals surface area contributed by atoms with Gasteiger partial charge in [0.1, 0.15) is 18.5 Å². The lowest BCUT2D eigenvalue weighted by Crippen LogP contribution is -2.31. The highest BCUT2D eigenvalue weighted by atomic mass is 32.2. The van der Waals surface area contributed by atoms with Gasteiger partial charge in [-0.1, -0.05) is 27.7 Å². The third kappa shape index (κ3) is 5.60. The molecule has 1 atom stereocenters. The van der Waals surface area contributed by atoms with Gasteiger partial charge in [0.15, 0.2) is 10.8 Å². The quantitative estimate of drug-likeness (QED) is 0.534. The number of hydrogen-bond donors (Lipinski definition) is 0. The van der Waals surface area contributed by atoms with E-state index in [1.807, 2.05) is 27.7 Å². The molecular formula is C23H30F2N2O5S. The topological polar surface area (TPSA) is 87.5 Å². The van der Waals surface area contributed by atoms with E-state index < -0.39 is 27.8 Å². The molecule has 7 nitrogen and oxygen atoms in total. The Morgan fingerprint density at radius 1 is 1.18 bits per heavy atom. The number of hydrogen-bond acceptors (Lipinski definition) is 6. The van der Waals surface area contributed by atoms with Crippen molar-refractivity contribution in [2.45, 2.75) is 70.1 Å². The SMILES string of the molecule is COC1COc2cc(S(=O)(=O)CC(=O)Cc3c(C(C)C)cc(C(F)F)cc3C(C)C)nn2C1. The van der Waals surface area contributed by atoms with Crippen LogP contribution < -0.4 is 4.74 Å². The lowest BCUT2D eigenvalue weighted by molar-refractivity contribution is -0.116. The fourth-order valence-electron chi connectivity index (χ4n) is 3.98. The minimum Gasteiger partial charge on any atom is -0.475 e. The Kier molecular flexibility index (Phi) is 7.58. The molecule has 182 valence electrons. The van der Waals surface area contributed by atoms with Crippen LogP contribution in [0.25, 0.3) is 0 Å². The van der Waals surface area contributed by atoms with Gasteiger partial charge in [-0.05, 0) is 40.7 Å². The average molecular weight is 485 g/mol. The van der Waals surface area contributed by atoms with Crippen molar-refractivity contribution in [3.63, 3.8) is 0 Å². The molecular weight excluding hydrogens is 454 g/mol. The van der Waals surface area contributed by atoms with Crippen LogP contribution in [0.4, 0.5) is 8.78 Å². The van der Waals surface area contributed by atoms with E-state index in [1.54, 1.807) is 0 Å². The van der Waals surface area contributed by atoms with Gasteiger partial charge < -0.3 is 9.47 Å². The van der Waals surface area contributed by atoms with Crippen LogP contribution in [0.2, 0.25) is 0 Å². The predicted octanol–water partition coefficient (Wildman–Crippen LogP) is 4.06. The van der Waals surface area contributed by atoms with E-state index in [4.69, 9.17) is 9.47 Å². The second-order valence-electron chi connectivity index (χ2n) is 8.93. The van der Waals surface area contributed by atoms with Gasteiger partial charge in [-0.2, -0.15) is 5.10 Å². The number of carbonyl (C=O) groups excluding carboxylic acids is 1. The zero-order valence-corrected chi connectivity index (χ0v) is 20.3. The second kappa shape index (κ2) is 9.89. The maximum absolute atomic E-state index is 13.4. The van der Waals surface area contributed by atoms with Gasteiger partial charge in [-0.3, -0.25) is 4.79 Å². The van der Waals surface area contributed by atoms with Crippen LogP contribution in [0.1, 0.15) is 68.2 Å². The molecule has 0 amide bonds. The number of fused-ring (bicyclic) bond motifs is 1. The Bertz CT molecular complexity index is 1100. The molecule has 1 aromatic carbocycles. The molecule has 0 aliphatic carbocycles. The van der Waals surface area contributed by atoms with Crippen molar-refractivity contribution in [2.75, 3.05) is 19.5 Å². The summed E-state index contributed by atoms with van der Waals surface area (Å²) in [5.74, 6) is -1.16. The van der Waals surface area contributed by atoms with Crippen LogP contribution in [-0.4, -0.2) is 49.6 Å². The molecule has 0 saturated heterocycles. The number of methoxy groups -OCH3 is 1. The number of nitrogens with zero attached hydrogens (tertiary/aromatic N) is 2. The Balaban J connectivity index is 1.87. The van der Waals surface area contributed by atoms with Crippen LogP contribution in [0.3, 0.4) is 0 Å². The molecule has 2 heterocycles. The zero-order chi connectivity index (χ0) is 24.5. The van der Waals surface area contributed by atoms with Crippen molar-refractivity contribution >= 4 is 15.6 Å². The summed E-state index contributed by atoms with van der Waals surface area (Å²) in [6.07, 6.45) is -3.02. The average Bonchev–Trinajstić information content (AvgIpc) is 3.17. The van der Waals surface area contributed by atoms with E-state index in [1.165, 1.54) is 30.0 Å². The first kappa shape index (κ1) is 25.3. The van der Waals surface area contributed by atoms with Crippen molar-refractivity contribution in [1.82, 2.24) is 9.78 Å². The number of halogens is 2. The Labute approximate surface area is 193 Å². The van der Waals surface area contributed by atoms with Gasteiger partial charge in [0.05, 0.1) is 6.54 Å². The van der Waals surface area contributed by atoms with E-state index in [9.17, 15) is 22.0 Å². The van der Waals surface area contributed by atoms with Crippen molar-refractivity contribution < 1.29 is 31.5 Å². The number of ketones is 1. The molecule has 33 heavy (non-hydrogen) atoms. The summed E-state index contributed by atoms with van der Waals surface area (Å²) < 4.78 is 64.8.